The molecule has 1 aromatic carbocycles. The molecule has 0 atom stereocenters. The average Bonchev–Trinajstić information content (AvgIpc) is 2.98. The van der Waals surface area contributed by atoms with Crippen LogP contribution in [-0.2, 0) is 22.4 Å². The minimum absolute atomic E-state index is 0.0858. The third kappa shape index (κ3) is 4.91. The smallest absolute Gasteiger partial charge is 0.341 e. The summed E-state index contributed by atoms with van der Waals surface area (Å²) in [4.78, 5) is 31.0. The number of nitrogens with zero attached hydrogens (tertiary/aromatic N) is 2. The fourth-order valence-corrected chi connectivity index (χ4v) is 5.85. The Morgan fingerprint density at radius 2 is 1.78 bits per heavy atom. The molecule has 1 fully saturated rings. The van der Waals surface area contributed by atoms with Crippen molar-refractivity contribution in [2.24, 2.45) is 0 Å². The fraction of sp³-hybridized carbons (Fsp3) is 0.500. The normalized spacial score (nSPS) is 16.8. The van der Waals surface area contributed by atoms with Crippen LogP contribution in [-0.4, -0.2) is 63.7 Å². The predicted molar refractivity (Wildman–Crippen MR) is 127 cm³/mol. The number of esters is 1. The Kier molecular flexibility index (Phi) is 7.32. The largest absolute Gasteiger partial charge is 0.495 e. The number of rotatable bonds is 6. The number of nitrogens with one attached hydrogen (secondary N) is 1. The van der Waals surface area contributed by atoms with E-state index in [0.29, 0.717) is 17.1 Å². The molecule has 0 saturated carbocycles. The van der Waals surface area contributed by atoms with E-state index in [1.807, 2.05) is 18.2 Å². The van der Waals surface area contributed by atoms with E-state index < -0.39 is 0 Å². The van der Waals surface area contributed by atoms with E-state index in [-0.39, 0.29) is 11.9 Å². The fourth-order valence-electron chi connectivity index (χ4n) is 4.56. The number of fused-ring (bicyclic) bond motifs is 1. The molecular weight excluding hydrogens is 426 g/mol. The third-order valence-corrected chi connectivity index (χ3v) is 7.44. The maximum absolute atomic E-state index is 12.8. The molecule has 0 spiro atoms. The number of hydrogen-bond donors (Lipinski definition) is 1. The Morgan fingerprint density at radius 3 is 2.53 bits per heavy atom. The first-order valence-electron chi connectivity index (χ1n) is 11.2. The summed E-state index contributed by atoms with van der Waals surface area (Å²) in [5, 5.41) is 3.66. The van der Waals surface area contributed by atoms with Crippen LogP contribution in [0.2, 0.25) is 0 Å². The van der Waals surface area contributed by atoms with Crippen LogP contribution in [0.25, 0.3) is 0 Å². The van der Waals surface area contributed by atoms with Crippen molar-refractivity contribution < 1.29 is 19.1 Å². The first-order valence-corrected chi connectivity index (χ1v) is 12.1. The monoisotopic (exact) mass is 457 g/mol. The van der Waals surface area contributed by atoms with Crippen LogP contribution in [0, 0.1) is 0 Å². The van der Waals surface area contributed by atoms with Gasteiger partial charge in [0.1, 0.15) is 10.8 Å². The highest BCUT2D eigenvalue weighted by Crippen LogP contribution is 2.38. The van der Waals surface area contributed by atoms with Gasteiger partial charge < -0.3 is 19.7 Å². The van der Waals surface area contributed by atoms with Gasteiger partial charge in [-0.1, -0.05) is 18.6 Å². The lowest BCUT2D eigenvalue weighted by molar-refractivity contribution is -0.117. The molecule has 1 saturated heterocycles. The number of piperazine rings is 1. The van der Waals surface area contributed by atoms with Crippen molar-refractivity contribution in [2.45, 2.75) is 32.1 Å². The summed E-state index contributed by atoms with van der Waals surface area (Å²) in [5.41, 5.74) is 2.71. The maximum atomic E-state index is 12.8. The quantitative estimate of drug-likeness (QED) is 0.528. The number of aryl methyl sites for hydroxylation is 1. The lowest BCUT2D eigenvalue weighted by Gasteiger charge is -2.36. The van der Waals surface area contributed by atoms with Crippen LogP contribution in [0.4, 0.5) is 10.7 Å². The van der Waals surface area contributed by atoms with Gasteiger partial charge in [0.2, 0.25) is 5.91 Å². The average molecular weight is 458 g/mol. The van der Waals surface area contributed by atoms with Gasteiger partial charge in [-0.2, -0.15) is 0 Å². The standard InChI is InChI=1S/C24H31N3O4S/c1-30-19-10-7-6-9-18(19)27-14-12-26(13-15-27)16-21(28)25-23-22(24(29)31-2)17-8-4-3-5-11-20(17)32-23/h6-7,9-10H,3-5,8,11-16H2,1-2H3,(H,25,28). The van der Waals surface area contributed by atoms with Crippen molar-refractivity contribution in [1.82, 2.24) is 4.90 Å². The zero-order valence-corrected chi connectivity index (χ0v) is 19.6. The van der Waals surface area contributed by atoms with Crippen molar-refractivity contribution in [2.75, 3.05) is 57.2 Å². The van der Waals surface area contributed by atoms with Crippen molar-refractivity contribution in [1.29, 1.82) is 0 Å². The van der Waals surface area contributed by atoms with Crippen molar-refractivity contribution >= 4 is 33.9 Å². The molecule has 8 heteroatoms. The predicted octanol–water partition coefficient (Wildman–Crippen LogP) is 3.57. The number of ether oxygens (including phenoxy) is 2. The SMILES string of the molecule is COC(=O)c1c(NC(=O)CN2CCN(c3ccccc3OC)CC2)sc2c1CCCCC2. The van der Waals surface area contributed by atoms with E-state index >= 15 is 0 Å². The Labute approximate surface area is 193 Å². The number of amides is 1. The van der Waals surface area contributed by atoms with E-state index in [4.69, 9.17) is 9.47 Å². The summed E-state index contributed by atoms with van der Waals surface area (Å²) in [6, 6.07) is 8.02. The Hall–Kier alpha value is -2.58. The molecule has 2 aromatic rings. The molecular formula is C24H31N3O4S. The number of para-hydroxylation sites is 2. The molecule has 2 heterocycles. The van der Waals surface area contributed by atoms with E-state index in [1.165, 1.54) is 29.7 Å². The van der Waals surface area contributed by atoms with E-state index in [2.05, 4.69) is 21.2 Å². The van der Waals surface area contributed by atoms with Gasteiger partial charge in [0.15, 0.2) is 0 Å². The molecule has 172 valence electrons. The number of benzene rings is 1. The van der Waals surface area contributed by atoms with Gasteiger partial charge in [-0.15, -0.1) is 11.3 Å². The summed E-state index contributed by atoms with van der Waals surface area (Å²) >= 11 is 1.54. The highest BCUT2D eigenvalue weighted by molar-refractivity contribution is 7.17. The van der Waals surface area contributed by atoms with Crippen molar-refractivity contribution in [3.8, 4) is 5.75 Å². The molecule has 4 rings (SSSR count). The molecule has 1 aromatic heterocycles. The van der Waals surface area contributed by atoms with E-state index in [9.17, 15) is 9.59 Å². The maximum Gasteiger partial charge on any atom is 0.341 e. The molecule has 7 nitrogen and oxygen atoms in total. The minimum Gasteiger partial charge on any atom is -0.495 e. The molecule has 1 amide bonds. The molecule has 1 N–H and O–H groups in total. The molecule has 0 radical (unpaired) electrons. The second-order valence-corrected chi connectivity index (χ2v) is 9.35. The summed E-state index contributed by atoms with van der Waals surface area (Å²) in [6.45, 7) is 3.54. The second kappa shape index (κ2) is 10.4. The summed E-state index contributed by atoms with van der Waals surface area (Å²) in [6.07, 6.45) is 5.20. The van der Waals surface area contributed by atoms with Crippen LogP contribution in [0.5, 0.6) is 5.75 Å². The zero-order valence-electron chi connectivity index (χ0n) is 18.8. The first-order chi connectivity index (χ1) is 15.6. The third-order valence-electron chi connectivity index (χ3n) is 6.23. The van der Waals surface area contributed by atoms with Crippen LogP contribution in [0.1, 0.15) is 40.1 Å². The number of hydrogen-bond acceptors (Lipinski definition) is 7. The van der Waals surface area contributed by atoms with Crippen LogP contribution in [0.15, 0.2) is 24.3 Å². The van der Waals surface area contributed by atoms with Gasteiger partial charge in [0, 0.05) is 31.1 Å². The van der Waals surface area contributed by atoms with E-state index in [0.717, 1.165) is 68.9 Å². The molecule has 0 bridgehead atoms. The number of thiophene rings is 1. The number of methoxy groups -OCH3 is 2. The second-order valence-electron chi connectivity index (χ2n) is 8.24. The summed E-state index contributed by atoms with van der Waals surface area (Å²) in [5.74, 6) is 0.425. The van der Waals surface area contributed by atoms with Crippen molar-refractivity contribution in [3.05, 3.63) is 40.3 Å². The van der Waals surface area contributed by atoms with Gasteiger partial charge >= 0.3 is 5.97 Å². The topological polar surface area (TPSA) is 71.1 Å². The van der Waals surface area contributed by atoms with Gasteiger partial charge in [-0.3, -0.25) is 9.69 Å². The van der Waals surface area contributed by atoms with Crippen molar-refractivity contribution in [3.63, 3.8) is 0 Å². The molecule has 1 aliphatic carbocycles. The Morgan fingerprint density at radius 1 is 1.03 bits per heavy atom. The van der Waals surface area contributed by atoms with Gasteiger partial charge in [0.05, 0.1) is 32.0 Å². The van der Waals surface area contributed by atoms with Gasteiger partial charge in [0.25, 0.3) is 0 Å². The van der Waals surface area contributed by atoms with Crippen LogP contribution < -0.4 is 15.0 Å². The Bertz CT molecular complexity index is 966. The van der Waals surface area contributed by atoms with Gasteiger partial charge in [-0.05, 0) is 43.4 Å². The Balaban J connectivity index is 1.38. The lowest BCUT2D eigenvalue weighted by Crippen LogP contribution is -2.48. The van der Waals surface area contributed by atoms with Crippen LogP contribution >= 0.6 is 11.3 Å². The molecule has 0 unspecified atom stereocenters. The number of anilines is 2. The first kappa shape index (κ1) is 22.6. The van der Waals surface area contributed by atoms with Gasteiger partial charge in [-0.25, -0.2) is 4.79 Å². The zero-order chi connectivity index (χ0) is 22.5. The van der Waals surface area contributed by atoms with Crippen LogP contribution in [0.3, 0.4) is 0 Å². The lowest BCUT2D eigenvalue weighted by atomic mass is 10.1. The number of carbonyl (C=O) groups is 2. The highest BCUT2D eigenvalue weighted by Gasteiger charge is 2.27. The highest BCUT2D eigenvalue weighted by atomic mass is 32.1. The summed E-state index contributed by atoms with van der Waals surface area (Å²) in [7, 11) is 3.09. The molecule has 1 aliphatic heterocycles. The minimum atomic E-state index is -0.356. The summed E-state index contributed by atoms with van der Waals surface area (Å²) < 4.78 is 10.5. The molecule has 32 heavy (non-hydrogen) atoms. The number of carbonyl (C=O) groups excluding carboxylic acids is 2. The van der Waals surface area contributed by atoms with E-state index in [1.54, 1.807) is 7.11 Å². The molecule has 2 aliphatic rings.